The molecule has 0 radical (unpaired) electrons. The second-order valence-electron chi connectivity index (χ2n) is 7.79. The van der Waals surface area contributed by atoms with Crippen LogP contribution in [0.15, 0.2) is 76.1 Å². The zero-order valence-electron chi connectivity index (χ0n) is 18.0. The van der Waals surface area contributed by atoms with Crippen molar-refractivity contribution < 1.29 is 14.0 Å². The number of anilines is 1. The van der Waals surface area contributed by atoms with Crippen molar-refractivity contribution in [3.8, 4) is 5.69 Å². The van der Waals surface area contributed by atoms with Crippen LogP contribution in [0.1, 0.15) is 23.5 Å². The van der Waals surface area contributed by atoms with Gasteiger partial charge in [0.1, 0.15) is 5.82 Å². The summed E-state index contributed by atoms with van der Waals surface area (Å²) in [6.45, 7) is 1.80. The Bertz CT molecular complexity index is 1400. The van der Waals surface area contributed by atoms with Gasteiger partial charge in [0.05, 0.1) is 5.69 Å². The molecule has 2 N–H and O–H groups in total. The van der Waals surface area contributed by atoms with Crippen LogP contribution in [-0.2, 0) is 16.6 Å². The molecule has 0 saturated carbocycles. The highest BCUT2D eigenvalue weighted by Gasteiger charge is 2.29. The van der Waals surface area contributed by atoms with E-state index >= 15 is 0 Å². The molecule has 2 aromatic carbocycles. The molecule has 33 heavy (non-hydrogen) atoms. The maximum atomic E-state index is 13.4. The van der Waals surface area contributed by atoms with Crippen LogP contribution >= 0.6 is 0 Å². The summed E-state index contributed by atoms with van der Waals surface area (Å²) in [6, 6.07) is 12.0. The first-order valence-corrected chi connectivity index (χ1v) is 10.2. The zero-order chi connectivity index (χ0) is 23.7. The largest absolute Gasteiger partial charge is 0.335 e. The molecule has 0 spiro atoms. The van der Waals surface area contributed by atoms with Crippen molar-refractivity contribution in [3.05, 3.63) is 104 Å². The van der Waals surface area contributed by atoms with Crippen molar-refractivity contribution in [2.75, 3.05) is 5.32 Å². The van der Waals surface area contributed by atoms with Crippen LogP contribution in [0.2, 0.25) is 0 Å². The SMILES string of the molecule is Cc1ccc(-n2ccc(=O)n(C)c2=O)cc1NC(=O)C1=CNC(=O)CC1c1ccc(F)cc1. The number of nitrogens with zero attached hydrogens (tertiary/aromatic N) is 2. The summed E-state index contributed by atoms with van der Waals surface area (Å²) in [5.41, 5.74) is 1.73. The van der Waals surface area contributed by atoms with Crippen molar-refractivity contribution in [2.24, 2.45) is 7.05 Å². The van der Waals surface area contributed by atoms with Gasteiger partial charge < -0.3 is 10.6 Å². The van der Waals surface area contributed by atoms with E-state index in [2.05, 4.69) is 10.6 Å². The van der Waals surface area contributed by atoms with Crippen LogP contribution in [-0.4, -0.2) is 20.9 Å². The molecule has 2 amide bonds. The van der Waals surface area contributed by atoms with E-state index in [0.29, 0.717) is 22.5 Å². The quantitative estimate of drug-likeness (QED) is 0.638. The van der Waals surface area contributed by atoms with Gasteiger partial charge in [0, 0.05) is 49.1 Å². The molecule has 1 atom stereocenters. The number of aromatic nitrogens is 2. The van der Waals surface area contributed by atoms with E-state index < -0.39 is 28.9 Å². The van der Waals surface area contributed by atoms with E-state index in [4.69, 9.17) is 0 Å². The van der Waals surface area contributed by atoms with Gasteiger partial charge in [-0.05, 0) is 42.3 Å². The topological polar surface area (TPSA) is 102 Å². The lowest BCUT2D eigenvalue weighted by molar-refractivity contribution is -0.121. The smallest absolute Gasteiger partial charge is 0.332 e. The van der Waals surface area contributed by atoms with Crippen molar-refractivity contribution in [3.63, 3.8) is 0 Å². The third-order valence-electron chi connectivity index (χ3n) is 5.63. The fraction of sp³-hybridized carbons (Fsp3) is 0.167. The molecule has 1 aliphatic heterocycles. The number of halogens is 1. The number of carbonyl (C=O) groups is 2. The molecule has 1 aromatic heterocycles. The molecule has 9 heteroatoms. The summed E-state index contributed by atoms with van der Waals surface area (Å²) in [5.74, 6) is -1.62. The Morgan fingerprint density at radius 2 is 1.82 bits per heavy atom. The molecule has 0 fully saturated rings. The van der Waals surface area contributed by atoms with Crippen LogP contribution in [0.3, 0.4) is 0 Å². The van der Waals surface area contributed by atoms with Gasteiger partial charge in [-0.25, -0.2) is 9.18 Å². The highest BCUT2D eigenvalue weighted by Crippen LogP contribution is 2.31. The summed E-state index contributed by atoms with van der Waals surface area (Å²) < 4.78 is 15.6. The second kappa shape index (κ2) is 8.70. The number of hydrogen-bond donors (Lipinski definition) is 2. The van der Waals surface area contributed by atoms with E-state index in [1.807, 2.05) is 0 Å². The van der Waals surface area contributed by atoms with E-state index in [9.17, 15) is 23.6 Å². The van der Waals surface area contributed by atoms with Gasteiger partial charge >= 0.3 is 5.69 Å². The predicted octanol–water partition coefficient (Wildman–Crippen LogP) is 2.11. The number of nitrogens with one attached hydrogen (secondary N) is 2. The van der Waals surface area contributed by atoms with Crippen LogP contribution in [0.4, 0.5) is 10.1 Å². The zero-order valence-corrected chi connectivity index (χ0v) is 18.0. The first-order chi connectivity index (χ1) is 15.7. The van der Waals surface area contributed by atoms with E-state index in [-0.39, 0.29) is 12.3 Å². The normalized spacial score (nSPS) is 15.5. The van der Waals surface area contributed by atoms with Crippen LogP contribution in [0.5, 0.6) is 0 Å². The Kier molecular flexibility index (Phi) is 5.78. The Morgan fingerprint density at radius 3 is 2.55 bits per heavy atom. The maximum Gasteiger partial charge on any atom is 0.335 e. The first kappa shape index (κ1) is 21.9. The minimum absolute atomic E-state index is 0.0529. The maximum absolute atomic E-state index is 13.4. The Labute approximate surface area is 188 Å². The molecule has 1 aliphatic rings. The molecule has 3 aromatic rings. The van der Waals surface area contributed by atoms with Crippen LogP contribution in [0.25, 0.3) is 5.69 Å². The minimum atomic E-state index is -0.533. The monoisotopic (exact) mass is 448 g/mol. The summed E-state index contributed by atoms with van der Waals surface area (Å²) >= 11 is 0. The minimum Gasteiger partial charge on any atom is -0.332 e. The molecule has 0 aliphatic carbocycles. The second-order valence-corrected chi connectivity index (χ2v) is 7.79. The van der Waals surface area contributed by atoms with Crippen LogP contribution in [0, 0.1) is 12.7 Å². The van der Waals surface area contributed by atoms with Gasteiger partial charge in [0.25, 0.3) is 11.5 Å². The van der Waals surface area contributed by atoms with Crippen molar-refractivity contribution in [1.82, 2.24) is 14.5 Å². The lowest BCUT2D eigenvalue weighted by atomic mass is 9.86. The third-order valence-corrected chi connectivity index (χ3v) is 5.63. The third kappa shape index (κ3) is 4.38. The van der Waals surface area contributed by atoms with E-state index in [0.717, 1.165) is 10.1 Å². The summed E-state index contributed by atoms with van der Waals surface area (Å²) in [4.78, 5) is 49.3. The molecule has 8 nitrogen and oxygen atoms in total. The van der Waals surface area contributed by atoms with Gasteiger partial charge in [-0.1, -0.05) is 18.2 Å². The molecular weight excluding hydrogens is 427 g/mol. The average molecular weight is 448 g/mol. The van der Waals surface area contributed by atoms with Gasteiger partial charge in [-0.3, -0.25) is 23.5 Å². The fourth-order valence-corrected chi connectivity index (χ4v) is 3.68. The molecular formula is C24H21FN4O4. The van der Waals surface area contributed by atoms with Gasteiger partial charge in [-0.15, -0.1) is 0 Å². The van der Waals surface area contributed by atoms with E-state index in [1.165, 1.54) is 42.2 Å². The number of benzene rings is 2. The first-order valence-electron chi connectivity index (χ1n) is 10.2. The number of aryl methyl sites for hydroxylation is 1. The van der Waals surface area contributed by atoms with Crippen molar-refractivity contribution in [2.45, 2.75) is 19.3 Å². The molecule has 2 heterocycles. The lowest BCUT2D eigenvalue weighted by Crippen LogP contribution is -2.36. The van der Waals surface area contributed by atoms with E-state index in [1.54, 1.807) is 37.3 Å². The van der Waals surface area contributed by atoms with Gasteiger partial charge in [-0.2, -0.15) is 0 Å². The standard InChI is InChI=1S/C24H21FN4O4/c1-14-3-8-17(29-10-9-22(31)28(2)24(29)33)11-20(14)27-23(32)19-13-26-21(30)12-18(19)15-4-6-16(25)7-5-15/h3-11,13,18H,12H2,1-2H3,(H,26,30)(H,27,32). The summed E-state index contributed by atoms with van der Waals surface area (Å²) in [5, 5.41) is 5.41. The fourth-order valence-electron chi connectivity index (χ4n) is 3.68. The molecule has 0 saturated heterocycles. The molecule has 0 bridgehead atoms. The summed E-state index contributed by atoms with van der Waals surface area (Å²) in [7, 11) is 1.39. The van der Waals surface area contributed by atoms with Crippen molar-refractivity contribution in [1.29, 1.82) is 0 Å². The van der Waals surface area contributed by atoms with Crippen molar-refractivity contribution >= 4 is 17.5 Å². The Morgan fingerprint density at radius 1 is 1.09 bits per heavy atom. The number of rotatable bonds is 4. The summed E-state index contributed by atoms with van der Waals surface area (Å²) in [6.07, 6.45) is 2.80. The molecule has 168 valence electrons. The molecule has 4 rings (SSSR count). The number of carbonyl (C=O) groups excluding carboxylic acids is 2. The lowest BCUT2D eigenvalue weighted by Gasteiger charge is -2.24. The van der Waals surface area contributed by atoms with Crippen LogP contribution < -0.4 is 21.9 Å². The highest BCUT2D eigenvalue weighted by atomic mass is 19.1. The average Bonchev–Trinajstić information content (AvgIpc) is 2.79. The Hall–Kier alpha value is -4.27. The highest BCUT2D eigenvalue weighted by molar-refractivity contribution is 6.06. The molecule has 1 unspecified atom stereocenters. The van der Waals surface area contributed by atoms with Gasteiger partial charge in [0.2, 0.25) is 5.91 Å². The predicted molar refractivity (Wildman–Crippen MR) is 121 cm³/mol. The Balaban J connectivity index is 1.66. The number of amides is 2. The van der Waals surface area contributed by atoms with Gasteiger partial charge in [0.15, 0.2) is 0 Å². The number of hydrogen-bond acceptors (Lipinski definition) is 4.